The van der Waals surface area contributed by atoms with Gasteiger partial charge in [-0.15, -0.1) is 0 Å². The molecule has 0 aromatic rings. The first-order chi connectivity index (χ1) is 8.51. The lowest BCUT2D eigenvalue weighted by Crippen LogP contribution is -2.46. The van der Waals surface area contributed by atoms with Gasteiger partial charge in [0.15, 0.2) is 0 Å². The van der Waals surface area contributed by atoms with E-state index in [1.54, 1.807) is 0 Å². The highest BCUT2D eigenvalue weighted by Crippen LogP contribution is 2.33. The van der Waals surface area contributed by atoms with Crippen molar-refractivity contribution in [2.24, 2.45) is 5.92 Å². The zero-order valence-electron chi connectivity index (χ0n) is 11.2. The van der Waals surface area contributed by atoms with Crippen molar-refractivity contribution in [1.82, 2.24) is 10.6 Å². The topological polar surface area (TPSA) is 78.4 Å². The molecule has 1 saturated carbocycles. The zero-order chi connectivity index (χ0) is 13.5. The van der Waals surface area contributed by atoms with Crippen molar-refractivity contribution in [1.29, 1.82) is 0 Å². The highest BCUT2D eigenvalue weighted by molar-refractivity contribution is 5.75. The summed E-state index contributed by atoms with van der Waals surface area (Å²) in [5, 5.41) is 14.4. The van der Waals surface area contributed by atoms with Gasteiger partial charge in [-0.3, -0.25) is 4.79 Å². The van der Waals surface area contributed by atoms with Gasteiger partial charge in [-0.05, 0) is 25.7 Å². The molecule has 0 aliphatic heterocycles. The molecule has 0 aromatic carbocycles. The second kappa shape index (κ2) is 7.24. The first-order valence-electron chi connectivity index (χ1n) is 6.80. The van der Waals surface area contributed by atoms with Crippen LogP contribution < -0.4 is 10.6 Å². The Morgan fingerprint density at radius 1 is 1.33 bits per heavy atom. The van der Waals surface area contributed by atoms with Crippen molar-refractivity contribution in [3.63, 3.8) is 0 Å². The molecule has 0 bridgehead atoms. The van der Waals surface area contributed by atoms with E-state index in [0.29, 0.717) is 6.42 Å². The number of nitrogens with one attached hydrogen (secondary N) is 2. The van der Waals surface area contributed by atoms with Crippen molar-refractivity contribution in [2.45, 2.75) is 64.5 Å². The van der Waals surface area contributed by atoms with Gasteiger partial charge in [0.1, 0.15) is 0 Å². The van der Waals surface area contributed by atoms with Crippen LogP contribution in [0.4, 0.5) is 4.79 Å². The largest absolute Gasteiger partial charge is 0.481 e. The van der Waals surface area contributed by atoms with Gasteiger partial charge in [0.2, 0.25) is 0 Å². The van der Waals surface area contributed by atoms with Crippen molar-refractivity contribution >= 4 is 12.0 Å². The molecular formula is C13H24N2O3. The molecule has 3 N–H and O–H groups in total. The fourth-order valence-corrected chi connectivity index (χ4v) is 2.15. The second-order valence-corrected chi connectivity index (χ2v) is 5.28. The fraction of sp³-hybridized carbons (Fsp3) is 0.846. The Morgan fingerprint density at radius 2 is 2.00 bits per heavy atom. The summed E-state index contributed by atoms with van der Waals surface area (Å²) in [4.78, 5) is 22.4. The fourth-order valence-electron chi connectivity index (χ4n) is 2.15. The number of urea groups is 1. The minimum atomic E-state index is -0.875. The van der Waals surface area contributed by atoms with Gasteiger partial charge in [-0.25, -0.2) is 4.79 Å². The van der Waals surface area contributed by atoms with E-state index in [-0.39, 0.29) is 24.5 Å². The molecule has 18 heavy (non-hydrogen) atoms. The predicted molar refractivity (Wildman–Crippen MR) is 69.4 cm³/mol. The number of carbonyl (C=O) groups excluding carboxylic acids is 1. The molecule has 2 amide bonds. The highest BCUT2D eigenvalue weighted by atomic mass is 16.4. The van der Waals surface area contributed by atoms with E-state index in [0.717, 1.165) is 18.8 Å². The van der Waals surface area contributed by atoms with E-state index < -0.39 is 5.97 Å². The summed E-state index contributed by atoms with van der Waals surface area (Å²) >= 11 is 0. The maximum atomic E-state index is 11.7. The molecule has 5 nitrogen and oxygen atoms in total. The highest BCUT2D eigenvalue weighted by Gasteiger charge is 2.24. The predicted octanol–water partition coefficient (Wildman–Crippen LogP) is 2.12. The van der Waals surface area contributed by atoms with Gasteiger partial charge in [0.25, 0.3) is 0 Å². The summed E-state index contributed by atoms with van der Waals surface area (Å²) in [6.45, 7) is 3.97. The van der Waals surface area contributed by atoms with E-state index in [4.69, 9.17) is 5.11 Å². The van der Waals surface area contributed by atoms with Crippen molar-refractivity contribution in [3.05, 3.63) is 0 Å². The van der Waals surface area contributed by atoms with Crippen molar-refractivity contribution < 1.29 is 14.7 Å². The number of carboxylic acids is 1. The van der Waals surface area contributed by atoms with E-state index >= 15 is 0 Å². The zero-order valence-corrected chi connectivity index (χ0v) is 11.2. The summed E-state index contributed by atoms with van der Waals surface area (Å²) in [6.07, 6.45) is 5.09. The number of rotatable bonds is 8. The maximum absolute atomic E-state index is 11.7. The van der Waals surface area contributed by atoms with Gasteiger partial charge in [0, 0.05) is 12.1 Å². The van der Waals surface area contributed by atoms with E-state index in [1.807, 2.05) is 13.8 Å². The third kappa shape index (κ3) is 6.47. The Bertz CT molecular complexity index is 290. The molecule has 1 aliphatic rings. The molecule has 0 spiro atoms. The van der Waals surface area contributed by atoms with Crippen LogP contribution in [0.25, 0.3) is 0 Å². The number of aliphatic carboxylic acids is 1. The third-order valence-electron chi connectivity index (χ3n) is 3.15. The van der Waals surface area contributed by atoms with Crippen LogP contribution in [-0.2, 0) is 4.79 Å². The Labute approximate surface area is 108 Å². The van der Waals surface area contributed by atoms with Crippen LogP contribution in [-0.4, -0.2) is 29.2 Å². The lowest BCUT2D eigenvalue weighted by Gasteiger charge is -2.19. The van der Waals surface area contributed by atoms with Crippen LogP contribution in [0.1, 0.15) is 52.4 Å². The number of carboxylic acid groups (broad SMARTS) is 1. The second-order valence-electron chi connectivity index (χ2n) is 5.28. The van der Waals surface area contributed by atoms with Crippen LogP contribution in [0.15, 0.2) is 0 Å². The molecule has 0 saturated heterocycles. The molecule has 0 heterocycles. The van der Waals surface area contributed by atoms with E-state index in [2.05, 4.69) is 10.6 Å². The van der Waals surface area contributed by atoms with E-state index in [9.17, 15) is 9.59 Å². The summed E-state index contributed by atoms with van der Waals surface area (Å²) < 4.78 is 0. The Morgan fingerprint density at radius 3 is 2.50 bits per heavy atom. The summed E-state index contributed by atoms with van der Waals surface area (Å²) in [6, 6.07) is -0.368. The van der Waals surface area contributed by atoms with Crippen molar-refractivity contribution in [2.75, 3.05) is 0 Å². The average Bonchev–Trinajstić information content (AvgIpc) is 3.00. The van der Waals surface area contributed by atoms with Crippen LogP contribution in [0, 0.1) is 5.92 Å². The van der Waals surface area contributed by atoms with Crippen LogP contribution in [0.3, 0.4) is 0 Å². The van der Waals surface area contributed by atoms with Gasteiger partial charge in [0.05, 0.1) is 6.42 Å². The number of amides is 2. The van der Waals surface area contributed by atoms with E-state index in [1.165, 1.54) is 12.8 Å². The molecule has 1 rings (SSSR count). The standard InChI is InChI=1S/C13H24N2O3/c1-3-4-11(8-12(16)17)15-13(18)14-9(2)7-10-5-6-10/h9-11H,3-8H2,1-2H3,(H,16,17)(H2,14,15,18). The number of carbonyl (C=O) groups is 2. The van der Waals surface area contributed by atoms with Gasteiger partial charge < -0.3 is 15.7 Å². The number of hydrogen-bond donors (Lipinski definition) is 3. The molecule has 1 fully saturated rings. The Hall–Kier alpha value is -1.26. The van der Waals surface area contributed by atoms with Crippen LogP contribution >= 0.6 is 0 Å². The average molecular weight is 256 g/mol. The SMILES string of the molecule is CCCC(CC(=O)O)NC(=O)NC(C)CC1CC1. The van der Waals surface area contributed by atoms with Crippen LogP contribution in [0.2, 0.25) is 0 Å². The summed E-state index contributed by atoms with van der Waals surface area (Å²) in [7, 11) is 0. The van der Waals surface area contributed by atoms with Gasteiger partial charge in [-0.1, -0.05) is 26.2 Å². The minimum Gasteiger partial charge on any atom is -0.481 e. The van der Waals surface area contributed by atoms with Gasteiger partial charge in [-0.2, -0.15) is 0 Å². The first kappa shape index (κ1) is 14.8. The maximum Gasteiger partial charge on any atom is 0.315 e. The smallest absolute Gasteiger partial charge is 0.315 e. The monoisotopic (exact) mass is 256 g/mol. The molecule has 104 valence electrons. The summed E-state index contributed by atoms with van der Waals surface area (Å²) in [5.74, 6) is -0.106. The molecule has 0 radical (unpaired) electrons. The molecule has 0 aromatic heterocycles. The molecular weight excluding hydrogens is 232 g/mol. The Balaban J connectivity index is 2.27. The molecule has 1 aliphatic carbocycles. The van der Waals surface area contributed by atoms with Gasteiger partial charge >= 0.3 is 12.0 Å². The molecule has 5 heteroatoms. The lowest BCUT2D eigenvalue weighted by atomic mass is 10.1. The third-order valence-corrected chi connectivity index (χ3v) is 3.15. The quantitative estimate of drug-likeness (QED) is 0.622. The Kier molecular flexibility index (Phi) is 5.95. The number of hydrogen-bond acceptors (Lipinski definition) is 2. The lowest BCUT2D eigenvalue weighted by molar-refractivity contribution is -0.137. The molecule has 2 unspecified atom stereocenters. The van der Waals surface area contributed by atoms with Crippen molar-refractivity contribution in [3.8, 4) is 0 Å². The summed E-state index contributed by atoms with van der Waals surface area (Å²) in [5.41, 5.74) is 0. The molecule has 2 atom stereocenters. The minimum absolute atomic E-state index is 0.0156. The first-order valence-corrected chi connectivity index (χ1v) is 6.80. The van der Waals surface area contributed by atoms with Crippen LogP contribution in [0.5, 0.6) is 0 Å². The normalized spacial score (nSPS) is 17.9.